The summed E-state index contributed by atoms with van der Waals surface area (Å²) in [4.78, 5) is 26.3. The lowest BCUT2D eigenvalue weighted by Crippen LogP contribution is -2.40. The van der Waals surface area contributed by atoms with E-state index in [-0.39, 0.29) is 11.5 Å². The molecule has 7 nitrogen and oxygen atoms in total. The lowest BCUT2D eigenvalue weighted by Gasteiger charge is -2.31. The van der Waals surface area contributed by atoms with Gasteiger partial charge in [0.05, 0.1) is 5.69 Å². The van der Waals surface area contributed by atoms with Crippen molar-refractivity contribution < 1.29 is 9.32 Å². The maximum absolute atomic E-state index is 12.6. The van der Waals surface area contributed by atoms with Gasteiger partial charge < -0.3 is 9.42 Å². The second-order valence-corrected chi connectivity index (χ2v) is 7.12. The summed E-state index contributed by atoms with van der Waals surface area (Å²) < 4.78 is 6.82. The van der Waals surface area contributed by atoms with Crippen molar-refractivity contribution in [1.29, 1.82) is 0 Å². The van der Waals surface area contributed by atoms with Gasteiger partial charge in [-0.2, -0.15) is 5.10 Å². The van der Waals surface area contributed by atoms with Crippen LogP contribution < -0.4 is 5.56 Å². The highest BCUT2D eigenvalue weighted by molar-refractivity contribution is 5.92. The summed E-state index contributed by atoms with van der Waals surface area (Å²) in [6.45, 7) is 3.84. The molecule has 2 fully saturated rings. The molecule has 2 aromatic heterocycles. The molecule has 0 bridgehead atoms. The van der Waals surface area contributed by atoms with Crippen molar-refractivity contribution in [2.75, 3.05) is 13.1 Å². The number of rotatable bonds is 4. The number of piperidine rings is 1. The maximum atomic E-state index is 12.6. The Morgan fingerprint density at radius 1 is 1.24 bits per heavy atom. The number of likely N-dealkylation sites (tertiary alicyclic amines) is 1. The molecule has 0 unspecified atom stereocenters. The second kappa shape index (κ2) is 6.46. The molecule has 1 amide bonds. The van der Waals surface area contributed by atoms with E-state index < -0.39 is 0 Å². The van der Waals surface area contributed by atoms with Crippen LogP contribution in [-0.4, -0.2) is 38.8 Å². The van der Waals surface area contributed by atoms with Crippen LogP contribution in [-0.2, 0) is 6.54 Å². The predicted molar refractivity (Wildman–Crippen MR) is 90.3 cm³/mol. The molecule has 0 N–H and O–H groups in total. The Kier molecular flexibility index (Phi) is 4.15. The van der Waals surface area contributed by atoms with Crippen LogP contribution >= 0.6 is 0 Å². The van der Waals surface area contributed by atoms with Crippen LogP contribution in [0.2, 0.25) is 0 Å². The lowest BCUT2D eigenvalue weighted by atomic mass is 9.96. The minimum absolute atomic E-state index is 0.0556. The Morgan fingerprint density at radius 2 is 2.00 bits per heavy atom. The molecule has 2 aromatic rings. The molecular weight excluding hydrogens is 320 g/mol. The highest BCUT2D eigenvalue weighted by atomic mass is 16.5. The monoisotopic (exact) mass is 342 g/mol. The van der Waals surface area contributed by atoms with Gasteiger partial charge in [-0.1, -0.05) is 5.16 Å². The van der Waals surface area contributed by atoms with Gasteiger partial charge in [0, 0.05) is 37.7 Å². The number of hydrogen-bond acceptors (Lipinski definition) is 5. The molecule has 132 valence electrons. The van der Waals surface area contributed by atoms with Crippen molar-refractivity contribution in [2.45, 2.75) is 45.1 Å². The molecule has 1 aliphatic heterocycles. The molecule has 1 saturated heterocycles. The standard InChI is InChI=1S/C18H22N4O3/c1-12-2-5-17(23)22(19-12)11-13-6-8-21(9-7-13)18(24)15-10-16(25-20-15)14-3-4-14/h2,5,10,13-14H,3-4,6-9,11H2,1H3. The molecule has 0 radical (unpaired) electrons. The van der Waals surface area contributed by atoms with E-state index >= 15 is 0 Å². The number of carbonyl (C=O) groups excluding carboxylic acids is 1. The third kappa shape index (κ3) is 3.50. The first-order chi connectivity index (χ1) is 12.1. The van der Waals surface area contributed by atoms with E-state index in [0.29, 0.717) is 37.2 Å². The van der Waals surface area contributed by atoms with Gasteiger partial charge in [-0.3, -0.25) is 9.59 Å². The minimum atomic E-state index is -0.0701. The summed E-state index contributed by atoms with van der Waals surface area (Å²) in [6, 6.07) is 5.08. The Hall–Kier alpha value is -2.44. The first-order valence-electron chi connectivity index (χ1n) is 8.91. The summed E-state index contributed by atoms with van der Waals surface area (Å²) >= 11 is 0. The van der Waals surface area contributed by atoms with Crippen LogP contribution in [0.1, 0.15) is 53.5 Å². The zero-order chi connectivity index (χ0) is 17.4. The van der Waals surface area contributed by atoms with Crippen molar-refractivity contribution in [1.82, 2.24) is 19.8 Å². The predicted octanol–water partition coefficient (Wildman–Crippen LogP) is 1.97. The number of amides is 1. The Morgan fingerprint density at radius 3 is 2.72 bits per heavy atom. The zero-order valence-electron chi connectivity index (χ0n) is 14.4. The van der Waals surface area contributed by atoms with E-state index in [1.165, 1.54) is 4.68 Å². The van der Waals surface area contributed by atoms with Crippen LogP contribution in [0, 0.1) is 12.8 Å². The Balaban J connectivity index is 1.35. The van der Waals surface area contributed by atoms with Crippen molar-refractivity contribution in [3.63, 3.8) is 0 Å². The third-order valence-electron chi connectivity index (χ3n) is 5.06. The van der Waals surface area contributed by atoms with E-state index in [0.717, 1.165) is 37.1 Å². The van der Waals surface area contributed by atoms with E-state index in [9.17, 15) is 9.59 Å². The quantitative estimate of drug-likeness (QED) is 0.848. The van der Waals surface area contributed by atoms with Gasteiger partial charge >= 0.3 is 0 Å². The van der Waals surface area contributed by atoms with Gasteiger partial charge in [-0.25, -0.2) is 4.68 Å². The van der Waals surface area contributed by atoms with E-state index in [2.05, 4.69) is 10.3 Å². The van der Waals surface area contributed by atoms with E-state index in [4.69, 9.17) is 4.52 Å². The molecule has 0 aromatic carbocycles. The van der Waals surface area contributed by atoms with Crippen LogP contribution in [0.15, 0.2) is 27.5 Å². The van der Waals surface area contributed by atoms with Crippen molar-refractivity contribution in [3.05, 3.63) is 45.7 Å². The Bertz CT molecular complexity index is 829. The molecule has 1 aliphatic carbocycles. The summed E-state index contributed by atoms with van der Waals surface area (Å²) in [5, 5.41) is 8.23. The Labute approximate surface area is 145 Å². The van der Waals surface area contributed by atoms with Gasteiger partial charge in [-0.05, 0) is 44.6 Å². The van der Waals surface area contributed by atoms with Crippen molar-refractivity contribution in [2.24, 2.45) is 5.92 Å². The van der Waals surface area contributed by atoms with Gasteiger partial charge in [0.25, 0.3) is 11.5 Å². The number of nitrogens with zero attached hydrogens (tertiary/aromatic N) is 4. The van der Waals surface area contributed by atoms with Crippen LogP contribution in [0.3, 0.4) is 0 Å². The number of carbonyl (C=O) groups is 1. The number of hydrogen-bond donors (Lipinski definition) is 0. The highest BCUT2D eigenvalue weighted by Gasteiger charge is 2.31. The van der Waals surface area contributed by atoms with Gasteiger partial charge in [0.15, 0.2) is 5.69 Å². The average molecular weight is 342 g/mol. The average Bonchev–Trinajstić information content (AvgIpc) is 3.35. The van der Waals surface area contributed by atoms with Gasteiger partial charge in [0.1, 0.15) is 5.76 Å². The fraction of sp³-hybridized carbons (Fsp3) is 0.556. The number of aromatic nitrogens is 3. The normalized spacial score (nSPS) is 18.5. The first-order valence-corrected chi connectivity index (χ1v) is 8.91. The summed E-state index contributed by atoms with van der Waals surface area (Å²) in [5.74, 6) is 1.60. The summed E-state index contributed by atoms with van der Waals surface area (Å²) in [5.41, 5.74) is 1.18. The van der Waals surface area contributed by atoms with Crippen LogP contribution in [0.25, 0.3) is 0 Å². The number of aryl methyl sites for hydroxylation is 1. The molecule has 2 aliphatic rings. The molecular formula is C18H22N4O3. The van der Waals surface area contributed by atoms with E-state index in [1.54, 1.807) is 18.2 Å². The molecule has 4 rings (SSSR count). The molecule has 3 heterocycles. The SMILES string of the molecule is Cc1ccc(=O)n(CC2CCN(C(=O)c3cc(C4CC4)on3)CC2)n1. The second-order valence-electron chi connectivity index (χ2n) is 7.12. The van der Waals surface area contributed by atoms with Gasteiger partial charge in [-0.15, -0.1) is 0 Å². The van der Waals surface area contributed by atoms with Crippen molar-refractivity contribution in [3.8, 4) is 0 Å². The molecule has 0 atom stereocenters. The molecule has 0 spiro atoms. The van der Waals surface area contributed by atoms with Crippen LogP contribution in [0.4, 0.5) is 0 Å². The lowest BCUT2D eigenvalue weighted by molar-refractivity contribution is 0.0670. The fourth-order valence-corrected chi connectivity index (χ4v) is 3.36. The molecule has 1 saturated carbocycles. The molecule has 25 heavy (non-hydrogen) atoms. The highest BCUT2D eigenvalue weighted by Crippen LogP contribution is 2.40. The van der Waals surface area contributed by atoms with Crippen molar-refractivity contribution >= 4 is 5.91 Å². The maximum Gasteiger partial charge on any atom is 0.276 e. The van der Waals surface area contributed by atoms with Crippen LogP contribution in [0.5, 0.6) is 0 Å². The minimum Gasteiger partial charge on any atom is -0.360 e. The fourth-order valence-electron chi connectivity index (χ4n) is 3.36. The topological polar surface area (TPSA) is 81.2 Å². The largest absolute Gasteiger partial charge is 0.360 e. The third-order valence-corrected chi connectivity index (χ3v) is 5.06. The van der Waals surface area contributed by atoms with E-state index in [1.807, 2.05) is 11.8 Å². The smallest absolute Gasteiger partial charge is 0.276 e. The van der Waals surface area contributed by atoms with Gasteiger partial charge in [0.2, 0.25) is 0 Å². The summed E-state index contributed by atoms with van der Waals surface area (Å²) in [6.07, 6.45) is 3.98. The first kappa shape index (κ1) is 16.1. The zero-order valence-corrected chi connectivity index (χ0v) is 14.4. The summed E-state index contributed by atoms with van der Waals surface area (Å²) in [7, 11) is 0. The molecule has 7 heteroatoms.